The zero-order valence-corrected chi connectivity index (χ0v) is 21.2. The number of hydrogen-bond donors (Lipinski definition) is 2. The van der Waals surface area contributed by atoms with Gasteiger partial charge in [-0.15, -0.1) is 11.3 Å². The Morgan fingerprint density at radius 2 is 2.23 bits per heavy atom. The van der Waals surface area contributed by atoms with E-state index in [9.17, 15) is 15.0 Å². The number of rotatable bonds is 8. The van der Waals surface area contributed by atoms with Gasteiger partial charge in [0, 0.05) is 30.1 Å². The summed E-state index contributed by atoms with van der Waals surface area (Å²) in [5.74, 6) is 6.50. The minimum absolute atomic E-state index is 0.0155. The van der Waals surface area contributed by atoms with Gasteiger partial charge >= 0.3 is 5.97 Å². The van der Waals surface area contributed by atoms with Gasteiger partial charge in [0.15, 0.2) is 0 Å². The second kappa shape index (κ2) is 11.9. The van der Waals surface area contributed by atoms with Crippen LogP contribution in [-0.2, 0) is 4.79 Å². The van der Waals surface area contributed by atoms with Crippen LogP contribution in [0.25, 0.3) is 10.9 Å². The van der Waals surface area contributed by atoms with Crippen LogP contribution >= 0.6 is 22.9 Å². The van der Waals surface area contributed by atoms with Crippen LogP contribution in [0.5, 0.6) is 5.75 Å². The van der Waals surface area contributed by atoms with E-state index in [4.69, 9.17) is 16.3 Å². The van der Waals surface area contributed by atoms with Crippen LogP contribution < -0.4 is 4.74 Å². The largest absolute Gasteiger partial charge is 0.497 e. The van der Waals surface area contributed by atoms with Crippen LogP contribution in [-0.4, -0.2) is 52.8 Å². The summed E-state index contributed by atoms with van der Waals surface area (Å²) >= 11 is 8.07. The Morgan fingerprint density at radius 3 is 2.97 bits per heavy atom. The average Bonchev–Trinajstić information content (AvgIpc) is 3.36. The maximum atomic E-state index is 11.6. The van der Waals surface area contributed by atoms with Crippen molar-refractivity contribution in [2.75, 3.05) is 26.7 Å². The number of aliphatic carboxylic acids is 1. The van der Waals surface area contributed by atoms with Crippen molar-refractivity contribution in [2.45, 2.75) is 31.8 Å². The second-order valence-electron chi connectivity index (χ2n) is 8.92. The molecule has 2 aromatic heterocycles. The molecule has 1 aliphatic heterocycles. The monoisotopic (exact) mass is 512 g/mol. The number of ether oxygens (including phenoxy) is 1. The smallest absolute Gasteiger partial charge is 0.303 e. The van der Waals surface area contributed by atoms with E-state index < -0.39 is 12.1 Å². The molecule has 6 nitrogen and oxygen atoms in total. The molecule has 3 heterocycles. The predicted molar refractivity (Wildman–Crippen MR) is 139 cm³/mol. The third-order valence-electron chi connectivity index (χ3n) is 6.66. The fourth-order valence-corrected chi connectivity index (χ4v) is 5.74. The Labute approximate surface area is 214 Å². The van der Waals surface area contributed by atoms with Crippen molar-refractivity contribution in [1.82, 2.24) is 9.88 Å². The Hall–Kier alpha value is -2.63. The first-order valence-electron chi connectivity index (χ1n) is 11.7. The molecule has 1 fully saturated rings. The van der Waals surface area contributed by atoms with Crippen LogP contribution in [0.1, 0.15) is 42.2 Å². The number of hydrogen-bond acceptors (Lipinski definition) is 6. The minimum atomic E-state index is -0.790. The molecule has 0 bridgehead atoms. The molecule has 1 aromatic carbocycles. The summed E-state index contributed by atoms with van der Waals surface area (Å²) in [5, 5.41) is 23.8. The summed E-state index contributed by atoms with van der Waals surface area (Å²) in [6.07, 6.45) is 3.00. The SMILES string of the molecule is COc1ccc2ncc(Cl)c([C@@H](O)CC[C@@H]3CCN(CC#Cc4cccs4)C[C@H]3CC(=O)O)c2c1. The number of pyridine rings is 1. The van der Waals surface area contributed by atoms with Crippen LogP contribution in [0.3, 0.4) is 0 Å². The lowest BCUT2D eigenvalue weighted by atomic mass is 9.79. The lowest BCUT2D eigenvalue weighted by Gasteiger charge is -2.37. The van der Waals surface area contributed by atoms with Gasteiger partial charge in [-0.1, -0.05) is 29.5 Å². The van der Waals surface area contributed by atoms with Crippen LogP contribution in [0.15, 0.2) is 41.9 Å². The summed E-state index contributed by atoms with van der Waals surface area (Å²) in [4.78, 5) is 19.2. The normalized spacial score (nSPS) is 19.2. The topological polar surface area (TPSA) is 82.9 Å². The average molecular weight is 513 g/mol. The fourth-order valence-electron chi connectivity index (χ4n) is 4.87. The highest BCUT2D eigenvalue weighted by molar-refractivity contribution is 7.10. The first-order valence-corrected chi connectivity index (χ1v) is 13.0. The van der Waals surface area contributed by atoms with E-state index in [2.05, 4.69) is 21.7 Å². The van der Waals surface area contributed by atoms with E-state index in [1.165, 1.54) is 0 Å². The van der Waals surface area contributed by atoms with Gasteiger partial charge in [-0.2, -0.15) is 0 Å². The number of halogens is 1. The number of aliphatic hydroxyl groups excluding tert-OH is 1. The summed E-state index contributed by atoms with van der Waals surface area (Å²) in [6, 6.07) is 9.50. The minimum Gasteiger partial charge on any atom is -0.497 e. The van der Waals surface area contributed by atoms with Crippen molar-refractivity contribution in [3.05, 3.63) is 57.4 Å². The molecule has 3 atom stereocenters. The van der Waals surface area contributed by atoms with Crippen molar-refractivity contribution in [2.24, 2.45) is 11.8 Å². The number of benzene rings is 1. The van der Waals surface area contributed by atoms with Gasteiger partial charge in [0.2, 0.25) is 0 Å². The number of methoxy groups -OCH3 is 1. The Balaban J connectivity index is 1.42. The second-order valence-corrected chi connectivity index (χ2v) is 10.3. The lowest BCUT2D eigenvalue weighted by Crippen LogP contribution is -2.41. The number of fused-ring (bicyclic) bond motifs is 1. The van der Waals surface area contributed by atoms with Gasteiger partial charge in [-0.25, -0.2) is 0 Å². The number of nitrogens with zero attached hydrogens (tertiary/aromatic N) is 2. The molecule has 2 N–H and O–H groups in total. The van der Waals surface area contributed by atoms with Crippen LogP contribution in [0.4, 0.5) is 0 Å². The molecule has 8 heteroatoms. The Morgan fingerprint density at radius 1 is 1.37 bits per heavy atom. The zero-order chi connectivity index (χ0) is 24.8. The number of aromatic nitrogens is 1. The van der Waals surface area contributed by atoms with Gasteiger partial charge in [0.05, 0.1) is 35.2 Å². The maximum Gasteiger partial charge on any atom is 0.303 e. The maximum absolute atomic E-state index is 11.6. The van der Waals surface area contributed by atoms with Gasteiger partial charge in [-0.05, 0) is 67.3 Å². The predicted octanol–water partition coefficient (Wildman–Crippen LogP) is 5.24. The quantitative estimate of drug-likeness (QED) is 0.402. The first-order chi connectivity index (χ1) is 16.9. The molecule has 4 rings (SSSR count). The summed E-state index contributed by atoms with van der Waals surface area (Å²) in [6.45, 7) is 2.19. The lowest BCUT2D eigenvalue weighted by molar-refractivity contribution is -0.139. The molecule has 0 radical (unpaired) electrons. The highest BCUT2D eigenvalue weighted by atomic mass is 35.5. The molecule has 0 aliphatic carbocycles. The van der Waals surface area contributed by atoms with Gasteiger partial charge in [-0.3, -0.25) is 14.7 Å². The number of thiophene rings is 1. The van der Waals surface area contributed by atoms with Gasteiger partial charge in [0.1, 0.15) is 5.75 Å². The van der Waals surface area contributed by atoms with Gasteiger partial charge < -0.3 is 14.9 Å². The summed E-state index contributed by atoms with van der Waals surface area (Å²) < 4.78 is 5.34. The Bertz CT molecular complexity index is 1220. The van der Waals surface area contributed by atoms with E-state index in [-0.39, 0.29) is 18.3 Å². The highest BCUT2D eigenvalue weighted by Gasteiger charge is 2.31. The van der Waals surface area contributed by atoms with Crippen molar-refractivity contribution in [3.63, 3.8) is 0 Å². The Kier molecular flexibility index (Phi) is 8.64. The van der Waals surface area contributed by atoms with Crippen LogP contribution in [0.2, 0.25) is 5.02 Å². The van der Waals surface area contributed by atoms with E-state index in [0.717, 1.165) is 35.2 Å². The molecule has 0 amide bonds. The number of carboxylic acids is 1. The zero-order valence-electron chi connectivity index (χ0n) is 19.6. The third-order valence-corrected chi connectivity index (χ3v) is 7.75. The number of piperidine rings is 1. The molecule has 0 spiro atoms. The fraction of sp³-hybridized carbons (Fsp3) is 0.407. The van der Waals surface area contributed by atoms with E-state index in [0.29, 0.717) is 35.8 Å². The summed E-state index contributed by atoms with van der Waals surface area (Å²) in [7, 11) is 1.60. The molecule has 35 heavy (non-hydrogen) atoms. The molecular weight excluding hydrogens is 484 g/mol. The summed E-state index contributed by atoms with van der Waals surface area (Å²) in [5.41, 5.74) is 1.39. The first kappa shape index (κ1) is 25.5. The highest BCUT2D eigenvalue weighted by Crippen LogP contribution is 2.37. The van der Waals surface area contributed by atoms with Crippen molar-refractivity contribution in [3.8, 4) is 17.6 Å². The van der Waals surface area contributed by atoms with E-state index in [1.54, 1.807) is 24.6 Å². The van der Waals surface area contributed by atoms with Crippen LogP contribution in [0, 0.1) is 23.7 Å². The third kappa shape index (κ3) is 6.53. The number of carboxylic acid groups (broad SMARTS) is 1. The molecule has 0 saturated carbocycles. The number of aliphatic hydroxyl groups is 1. The van der Waals surface area contributed by atoms with Crippen molar-refractivity contribution in [1.29, 1.82) is 0 Å². The van der Waals surface area contributed by atoms with Gasteiger partial charge in [0.25, 0.3) is 0 Å². The van der Waals surface area contributed by atoms with E-state index >= 15 is 0 Å². The molecule has 1 saturated heterocycles. The number of carbonyl (C=O) groups is 1. The van der Waals surface area contributed by atoms with E-state index in [1.807, 2.05) is 35.7 Å². The van der Waals surface area contributed by atoms with Crippen molar-refractivity contribution < 1.29 is 19.7 Å². The molecular formula is C27H29ClN2O4S. The van der Waals surface area contributed by atoms with Crippen molar-refractivity contribution >= 4 is 39.8 Å². The standard InChI is InChI=1S/C27H29ClN2O4S/c1-34-20-7-8-24-22(15-20)27(23(28)16-29-24)25(31)9-6-18-10-12-30(17-19(18)14-26(32)33)11-2-4-21-5-3-13-35-21/h3,5,7-8,13,15-16,18-19,25,31H,6,9-12,14,17H2,1H3,(H,32,33)/t18-,19-,25+/m1/s1. The number of likely N-dealkylation sites (tertiary alicyclic amines) is 1. The molecule has 184 valence electrons. The molecule has 0 unspecified atom stereocenters. The molecule has 1 aliphatic rings. The molecule has 3 aromatic rings.